The summed E-state index contributed by atoms with van der Waals surface area (Å²) >= 11 is 0. The van der Waals surface area contributed by atoms with Crippen LogP contribution in [0.5, 0.6) is 0 Å². The Kier molecular flexibility index (Phi) is 4.01. The van der Waals surface area contributed by atoms with Gasteiger partial charge in [-0.05, 0) is 32.5 Å². The van der Waals surface area contributed by atoms with Gasteiger partial charge in [-0.15, -0.1) is 0 Å². The van der Waals surface area contributed by atoms with Gasteiger partial charge in [-0.25, -0.2) is 0 Å². The van der Waals surface area contributed by atoms with Crippen molar-refractivity contribution >= 4 is 11.6 Å². The number of amides is 1. The summed E-state index contributed by atoms with van der Waals surface area (Å²) < 4.78 is 0. The summed E-state index contributed by atoms with van der Waals surface area (Å²) in [6.07, 6.45) is 3.36. The molecule has 0 atom stereocenters. The van der Waals surface area contributed by atoms with E-state index in [2.05, 4.69) is 10.3 Å². The Morgan fingerprint density at radius 2 is 2.00 bits per heavy atom. The minimum absolute atomic E-state index is 0.0422. The number of hydrogen-bond acceptors (Lipinski definition) is 3. The maximum Gasteiger partial charge on any atom is 0.246 e. The number of likely N-dealkylation sites (N-methyl/N-ethyl adjacent to an activating group) is 2. The topological polar surface area (TPSA) is 45.2 Å². The van der Waals surface area contributed by atoms with Crippen molar-refractivity contribution in [3.05, 3.63) is 24.5 Å². The van der Waals surface area contributed by atoms with E-state index in [1.807, 2.05) is 32.9 Å². The lowest BCUT2D eigenvalue weighted by Gasteiger charge is -2.30. The molecule has 1 amide bonds. The van der Waals surface area contributed by atoms with Crippen LogP contribution in [0.3, 0.4) is 0 Å². The van der Waals surface area contributed by atoms with Crippen molar-refractivity contribution in [1.29, 1.82) is 0 Å². The third-order valence-corrected chi connectivity index (χ3v) is 2.51. The van der Waals surface area contributed by atoms with Crippen LogP contribution in [0.1, 0.15) is 20.8 Å². The van der Waals surface area contributed by atoms with E-state index in [1.54, 1.807) is 24.3 Å². The predicted molar refractivity (Wildman–Crippen MR) is 65.4 cm³/mol. The molecule has 0 radical (unpaired) electrons. The largest absolute Gasteiger partial charge is 0.314 e. The quantitative estimate of drug-likeness (QED) is 0.836. The average Bonchev–Trinajstić information content (AvgIpc) is 2.28. The lowest BCUT2D eigenvalue weighted by Crippen LogP contribution is -2.53. The lowest BCUT2D eigenvalue weighted by molar-refractivity contribution is -0.123. The van der Waals surface area contributed by atoms with Crippen molar-refractivity contribution in [2.75, 3.05) is 18.5 Å². The van der Waals surface area contributed by atoms with Crippen LogP contribution in [0, 0.1) is 0 Å². The van der Waals surface area contributed by atoms with Gasteiger partial charge in [0.2, 0.25) is 5.91 Å². The molecule has 0 spiro atoms. The minimum atomic E-state index is -0.549. The Hall–Kier alpha value is -1.42. The zero-order valence-electron chi connectivity index (χ0n) is 10.3. The molecule has 1 aromatic heterocycles. The average molecular weight is 221 g/mol. The van der Waals surface area contributed by atoms with Gasteiger partial charge in [0.1, 0.15) is 0 Å². The predicted octanol–water partition coefficient (Wildman–Crippen LogP) is 1.43. The van der Waals surface area contributed by atoms with Gasteiger partial charge in [0, 0.05) is 25.1 Å². The first kappa shape index (κ1) is 12.6. The molecule has 0 saturated carbocycles. The molecule has 1 rings (SSSR count). The third-order valence-electron chi connectivity index (χ3n) is 2.51. The van der Waals surface area contributed by atoms with Crippen molar-refractivity contribution in [2.24, 2.45) is 0 Å². The molecule has 0 fully saturated rings. The van der Waals surface area contributed by atoms with Gasteiger partial charge < -0.3 is 10.2 Å². The highest BCUT2D eigenvalue weighted by molar-refractivity contribution is 5.99. The molecule has 0 saturated heterocycles. The zero-order chi connectivity index (χ0) is 12.2. The van der Waals surface area contributed by atoms with Crippen LogP contribution in [0.4, 0.5) is 5.69 Å². The van der Waals surface area contributed by atoms with Gasteiger partial charge in [0.25, 0.3) is 0 Å². The van der Waals surface area contributed by atoms with E-state index in [4.69, 9.17) is 0 Å². The zero-order valence-corrected chi connectivity index (χ0v) is 10.3. The molecule has 1 N–H and O–H groups in total. The van der Waals surface area contributed by atoms with E-state index >= 15 is 0 Å². The van der Waals surface area contributed by atoms with Crippen LogP contribution in [-0.4, -0.2) is 30.0 Å². The molecule has 0 unspecified atom stereocenters. The summed E-state index contributed by atoms with van der Waals surface area (Å²) in [5.41, 5.74) is 0.304. The van der Waals surface area contributed by atoms with Crippen LogP contribution < -0.4 is 10.2 Å². The standard InChI is InChI=1S/C12H19N3O/c1-5-14-12(2,3)11(16)15(4)10-6-8-13-9-7-10/h6-9,14H,5H2,1-4H3. The summed E-state index contributed by atoms with van der Waals surface area (Å²) in [4.78, 5) is 17.8. The number of aromatic nitrogens is 1. The highest BCUT2D eigenvalue weighted by atomic mass is 16.2. The van der Waals surface area contributed by atoms with E-state index < -0.39 is 5.54 Å². The number of rotatable bonds is 4. The lowest BCUT2D eigenvalue weighted by atomic mass is 10.0. The first-order valence-electron chi connectivity index (χ1n) is 5.42. The van der Waals surface area contributed by atoms with E-state index in [1.165, 1.54) is 0 Å². The van der Waals surface area contributed by atoms with Crippen molar-refractivity contribution < 1.29 is 4.79 Å². The second-order valence-corrected chi connectivity index (χ2v) is 4.22. The van der Waals surface area contributed by atoms with E-state index in [0.717, 1.165) is 12.2 Å². The molecule has 16 heavy (non-hydrogen) atoms. The SMILES string of the molecule is CCNC(C)(C)C(=O)N(C)c1ccncc1. The summed E-state index contributed by atoms with van der Waals surface area (Å²) in [6, 6.07) is 3.64. The monoisotopic (exact) mass is 221 g/mol. The first-order valence-corrected chi connectivity index (χ1v) is 5.42. The summed E-state index contributed by atoms with van der Waals surface area (Å²) in [5.74, 6) is 0.0422. The molecule has 1 aromatic rings. The highest BCUT2D eigenvalue weighted by Gasteiger charge is 2.29. The molecule has 0 bridgehead atoms. The number of nitrogens with one attached hydrogen (secondary N) is 1. The first-order chi connectivity index (χ1) is 7.49. The van der Waals surface area contributed by atoms with Crippen LogP contribution in [0.15, 0.2) is 24.5 Å². The van der Waals surface area contributed by atoms with Crippen LogP contribution in [0.2, 0.25) is 0 Å². The van der Waals surface area contributed by atoms with Gasteiger partial charge in [0.05, 0.1) is 5.54 Å². The number of pyridine rings is 1. The van der Waals surface area contributed by atoms with E-state index in [0.29, 0.717) is 0 Å². The smallest absolute Gasteiger partial charge is 0.246 e. The molecule has 1 heterocycles. The van der Waals surface area contributed by atoms with E-state index in [-0.39, 0.29) is 5.91 Å². The second kappa shape index (κ2) is 5.07. The van der Waals surface area contributed by atoms with Crippen molar-refractivity contribution in [3.63, 3.8) is 0 Å². The van der Waals surface area contributed by atoms with Crippen molar-refractivity contribution in [3.8, 4) is 0 Å². The Morgan fingerprint density at radius 1 is 1.44 bits per heavy atom. The molecular weight excluding hydrogens is 202 g/mol. The van der Waals surface area contributed by atoms with Gasteiger partial charge >= 0.3 is 0 Å². The molecule has 0 aliphatic heterocycles. The van der Waals surface area contributed by atoms with Gasteiger partial charge in [-0.1, -0.05) is 6.92 Å². The van der Waals surface area contributed by atoms with Gasteiger partial charge in [0.15, 0.2) is 0 Å². The number of carbonyl (C=O) groups is 1. The van der Waals surface area contributed by atoms with Crippen molar-refractivity contribution in [1.82, 2.24) is 10.3 Å². The third kappa shape index (κ3) is 2.79. The molecule has 0 aliphatic carbocycles. The fourth-order valence-corrected chi connectivity index (χ4v) is 1.62. The van der Waals surface area contributed by atoms with Crippen LogP contribution in [-0.2, 0) is 4.79 Å². The second-order valence-electron chi connectivity index (χ2n) is 4.22. The number of carbonyl (C=O) groups excluding carboxylic acids is 1. The Morgan fingerprint density at radius 3 is 2.50 bits per heavy atom. The number of anilines is 1. The Bertz CT molecular complexity index is 349. The summed E-state index contributed by atoms with van der Waals surface area (Å²) in [6.45, 7) is 6.53. The fraction of sp³-hybridized carbons (Fsp3) is 0.500. The molecule has 4 heteroatoms. The molecular formula is C12H19N3O. The Balaban J connectivity index is 2.82. The summed E-state index contributed by atoms with van der Waals surface area (Å²) in [7, 11) is 1.77. The number of nitrogens with zero attached hydrogens (tertiary/aromatic N) is 2. The van der Waals surface area contributed by atoms with Crippen LogP contribution in [0.25, 0.3) is 0 Å². The Labute approximate surface area is 96.7 Å². The molecule has 0 aliphatic rings. The number of hydrogen-bond donors (Lipinski definition) is 1. The molecule has 4 nitrogen and oxygen atoms in total. The van der Waals surface area contributed by atoms with Crippen molar-refractivity contribution in [2.45, 2.75) is 26.3 Å². The maximum atomic E-state index is 12.2. The summed E-state index contributed by atoms with van der Waals surface area (Å²) in [5, 5.41) is 3.17. The molecule has 88 valence electrons. The van der Waals surface area contributed by atoms with Gasteiger partial charge in [-0.2, -0.15) is 0 Å². The highest BCUT2D eigenvalue weighted by Crippen LogP contribution is 2.15. The fourth-order valence-electron chi connectivity index (χ4n) is 1.62. The van der Waals surface area contributed by atoms with E-state index in [9.17, 15) is 4.79 Å². The normalized spacial score (nSPS) is 11.2. The minimum Gasteiger partial charge on any atom is -0.314 e. The molecule has 0 aromatic carbocycles. The van der Waals surface area contributed by atoms with Gasteiger partial charge in [-0.3, -0.25) is 9.78 Å². The maximum absolute atomic E-state index is 12.2. The van der Waals surface area contributed by atoms with Crippen LogP contribution >= 0.6 is 0 Å².